The first-order chi connectivity index (χ1) is 10.9. The summed E-state index contributed by atoms with van der Waals surface area (Å²) in [6.45, 7) is 5.13. The van der Waals surface area contributed by atoms with Gasteiger partial charge >= 0.3 is 5.97 Å². The van der Waals surface area contributed by atoms with Gasteiger partial charge in [-0.3, -0.25) is 0 Å². The van der Waals surface area contributed by atoms with Crippen LogP contribution in [0.4, 0.5) is 0 Å². The van der Waals surface area contributed by atoms with Gasteiger partial charge in [-0.1, -0.05) is 28.4 Å². The molecule has 0 saturated carbocycles. The van der Waals surface area contributed by atoms with Crippen molar-refractivity contribution in [3.63, 3.8) is 0 Å². The molecule has 7 heteroatoms. The molecule has 0 fully saturated rings. The van der Waals surface area contributed by atoms with Gasteiger partial charge in [-0.25, -0.2) is 9.78 Å². The summed E-state index contributed by atoms with van der Waals surface area (Å²) in [7, 11) is 0. The van der Waals surface area contributed by atoms with Gasteiger partial charge in [-0.2, -0.15) is 0 Å². The highest BCUT2D eigenvalue weighted by Gasteiger charge is 2.23. The molecule has 0 radical (unpaired) electrons. The number of hydrogen-bond donors (Lipinski definition) is 0. The number of carbonyl (C=O) groups is 1. The second-order valence-corrected chi connectivity index (χ2v) is 5.92. The number of rotatable bonds is 2. The molecule has 0 bridgehead atoms. The Balaban J connectivity index is 2.13. The number of carbonyl (C=O) groups excluding carboxylic acids is 1. The van der Waals surface area contributed by atoms with E-state index in [-0.39, 0.29) is 16.3 Å². The van der Waals surface area contributed by atoms with Crippen molar-refractivity contribution in [1.82, 2.24) is 10.1 Å². The quantitative estimate of drug-likeness (QED) is 0.496. The normalized spacial score (nSPS) is 11.0. The maximum Gasteiger partial charge on any atom is 0.349 e. The Morgan fingerprint density at radius 2 is 1.91 bits per heavy atom. The molecule has 0 saturated heterocycles. The van der Waals surface area contributed by atoms with Gasteiger partial charge in [-0.05, 0) is 39.0 Å². The van der Waals surface area contributed by atoms with Crippen molar-refractivity contribution < 1.29 is 14.1 Å². The minimum Gasteiger partial charge on any atom is -0.419 e. The Morgan fingerprint density at radius 1 is 1.17 bits per heavy atom. The molecule has 2 heterocycles. The smallest absolute Gasteiger partial charge is 0.349 e. The number of aromatic nitrogens is 2. The zero-order chi connectivity index (χ0) is 16.7. The fourth-order valence-corrected chi connectivity index (χ4v) is 2.86. The minimum atomic E-state index is -0.602. The van der Waals surface area contributed by atoms with Gasteiger partial charge in [0.25, 0.3) is 0 Å². The van der Waals surface area contributed by atoms with E-state index in [1.807, 2.05) is 19.1 Å². The third kappa shape index (κ3) is 2.78. The highest BCUT2D eigenvalue weighted by Crippen LogP contribution is 2.37. The summed E-state index contributed by atoms with van der Waals surface area (Å²) in [4.78, 5) is 16.8. The standard InChI is InChI=1S/C16H12Cl2N2O3/c1-7-4-5-10-11(17)6-12(18)15(14(10)19-7)22-16(21)13-8(2)20-23-9(13)3/h4-6H,1-3H3. The minimum absolute atomic E-state index is 0.166. The highest BCUT2D eigenvalue weighted by molar-refractivity contribution is 6.39. The SMILES string of the molecule is Cc1ccc2c(Cl)cc(Cl)c(OC(=O)c3c(C)noc3C)c2n1. The lowest BCUT2D eigenvalue weighted by Crippen LogP contribution is -2.11. The molecule has 5 nitrogen and oxygen atoms in total. The summed E-state index contributed by atoms with van der Waals surface area (Å²) in [6, 6.07) is 5.16. The van der Waals surface area contributed by atoms with Crippen LogP contribution in [0.1, 0.15) is 27.5 Å². The number of hydrogen-bond acceptors (Lipinski definition) is 5. The number of benzene rings is 1. The molecule has 0 aliphatic rings. The summed E-state index contributed by atoms with van der Waals surface area (Å²) in [5.41, 5.74) is 1.91. The summed E-state index contributed by atoms with van der Waals surface area (Å²) in [5, 5.41) is 5.05. The third-order valence-corrected chi connectivity index (χ3v) is 4.00. The van der Waals surface area contributed by atoms with Gasteiger partial charge in [0.05, 0.1) is 15.7 Å². The third-order valence-electron chi connectivity index (χ3n) is 3.41. The number of ether oxygens (including phenoxy) is 1. The lowest BCUT2D eigenvalue weighted by molar-refractivity contribution is 0.0734. The maximum absolute atomic E-state index is 12.4. The Labute approximate surface area is 142 Å². The molecular weight excluding hydrogens is 339 g/mol. The summed E-state index contributed by atoms with van der Waals surface area (Å²) >= 11 is 12.4. The first-order valence-electron chi connectivity index (χ1n) is 6.79. The molecule has 0 unspecified atom stereocenters. The second kappa shape index (κ2) is 5.83. The van der Waals surface area contributed by atoms with Crippen LogP contribution in [0.25, 0.3) is 10.9 Å². The fourth-order valence-electron chi connectivity index (χ4n) is 2.31. The number of esters is 1. The molecule has 2 aromatic heterocycles. The van der Waals surface area contributed by atoms with E-state index in [1.54, 1.807) is 13.8 Å². The number of nitrogens with zero attached hydrogens (tertiary/aromatic N) is 2. The van der Waals surface area contributed by atoms with E-state index in [4.69, 9.17) is 32.5 Å². The molecule has 0 N–H and O–H groups in total. The van der Waals surface area contributed by atoms with Crippen LogP contribution >= 0.6 is 23.2 Å². The van der Waals surface area contributed by atoms with Gasteiger partial charge in [0.1, 0.15) is 16.8 Å². The Kier molecular flexibility index (Phi) is 4.00. The van der Waals surface area contributed by atoms with Crippen molar-refractivity contribution in [3.05, 3.63) is 51.0 Å². The molecule has 0 spiro atoms. The Morgan fingerprint density at radius 3 is 2.57 bits per heavy atom. The predicted molar refractivity (Wildman–Crippen MR) is 87.4 cm³/mol. The lowest BCUT2D eigenvalue weighted by atomic mass is 10.2. The van der Waals surface area contributed by atoms with E-state index in [9.17, 15) is 4.79 Å². The topological polar surface area (TPSA) is 65.2 Å². The summed E-state index contributed by atoms with van der Waals surface area (Å²) < 4.78 is 10.5. The molecule has 0 atom stereocenters. The van der Waals surface area contributed by atoms with Crippen LogP contribution in [0, 0.1) is 20.8 Å². The van der Waals surface area contributed by atoms with Crippen LogP contribution < -0.4 is 4.74 Å². The average molecular weight is 351 g/mol. The molecule has 0 aliphatic carbocycles. The van der Waals surface area contributed by atoms with Crippen LogP contribution in [0.5, 0.6) is 5.75 Å². The molecule has 0 aliphatic heterocycles. The maximum atomic E-state index is 12.4. The molecule has 3 aromatic rings. The van der Waals surface area contributed by atoms with Gasteiger partial charge in [-0.15, -0.1) is 0 Å². The van der Waals surface area contributed by atoms with Crippen LogP contribution in [0.2, 0.25) is 10.0 Å². The number of aryl methyl sites for hydroxylation is 3. The fraction of sp³-hybridized carbons (Fsp3) is 0.188. The largest absolute Gasteiger partial charge is 0.419 e. The summed E-state index contributed by atoms with van der Waals surface area (Å²) in [5.74, 6) is -0.0547. The van der Waals surface area contributed by atoms with Crippen molar-refractivity contribution >= 4 is 40.1 Å². The average Bonchev–Trinajstić information content (AvgIpc) is 2.82. The van der Waals surface area contributed by atoms with Crippen molar-refractivity contribution in [2.75, 3.05) is 0 Å². The molecule has 1 aromatic carbocycles. The number of fused-ring (bicyclic) bond motifs is 1. The van der Waals surface area contributed by atoms with Crippen molar-refractivity contribution in [2.45, 2.75) is 20.8 Å². The van der Waals surface area contributed by atoms with Crippen molar-refractivity contribution in [2.24, 2.45) is 0 Å². The second-order valence-electron chi connectivity index (χ2n) is 5.11. The van der Waals surface area contributed by atoms with E-state index >= 15 is 0 Å². The van der Waals surface area contributed by atoms with E-state index in [0.717, 1.165) is 5.69 Å². The highest BCUT2D eigenvalue weighted by atomic mass is 35.5. The van der Waals surface area contributed by atoms with E-state index in [0.29, 0.717) is 27.4 Å². The summed E-state index contributed by atoms with van der Waals surface area (Å²) in [6.07, 6.45) is 0. The van der Waals surface area contributed by atoms with Gasteiger partial charge in [0.15, 0.2) is 5.75 Å². The van der Waals surface area contributed by atoms with Crippen LogP contribution in [0.15, 0.2) is 22.7 Å². The lowest BCUT2D eigenvalue weighted by Gasteiger charge is -2.11. The van der Waals surface area contributed by atoms with E-state index < -0.39 is 5.97 Å². The first-order valence-corrected chi connectivity index (χ1v) is 7.54. The van der Waals surface area contributed by atoms with E-state index in [1.165, 1.54) is 6.07 Å². The van der Waals surface area contributed by atoms with Gasteiger partial charge in [0.2, 0.25) is 0 Å². The van der Waals surface area contributed by atoms with Crippen LogP contribution in [-0.4, -0.2) is 16.1 Å². The molecule has 0 amide bonds. The van der Waals surface area contributed by atoms with Crippen LogP contribution in [-0.2, 0) is 0 Å². The van der Waals surface area contributed by atoms with Gasteiger partial charge in [0, 0.05) is 11.1 Å². The molecule has 118 valence electrons. The van der Waals surface area contributed by atoms with Crippen molar-refractivity contribution in [3.8, 4) is 5.75 Å². The zero-order valence-electron chi connectivity index (χ0n) is 12.6. The number of pyridine rings is 1. The Hall–Kier alpha value is -2.11. The predicted octanol–water partition coefficient (Wildman–Crippen LogP) is 4.67. The van der Waals surface area contributed by atoms with Gasteiger partial charge < -0.3 is 9.26 Å². The van der Waals surface area contributed by atoms with Crippen molar-refractivity contribution in [1.29, 1.82) is 0 Å². The number of halogens is 2. The van der Waals surface area contributed by atoms with Crippen LogP contribution in [0.3, 0.4) is 0 Å². The first kappa shape index (κ1) is 15.8. The monoisotopic (exact) mass is 350 g/mol. The molecule has 23 heavy (non-hydrogen) atoms. The zero-order valence-corrected chi connectivity index (χ0v) is 14.1. The Bertz CT molecular complexity index is 915. The van der Waals surface area contributed by atoms with E-state index in [2.05, 4.69) is 10.1 Å². The molecular formula is C16H12Cl2N2O3. The molecule has 3 rings (SSSR count).